The van der Waals surface area contributed by atoms with Gasteiger partial charge in [-0.1, -0.05) is 0 Å². The van der Waals surface area contributed by atoms with E-state index in [1.165, 1.54) is 5.56 Å². The molecule has 1 aromatic rings. The zero-order chi connectivity index (χ0) is 10.1. The molecule has 14 heavy (non-hydrogen) atoms. The van der Waals surface area contributed by atoms with Gasteiger partial charge in [0, 0.05) is 5.69 Å². The molecule has 1 heterocycles. The summed E-state index contributed by atoms with van der Waals surface area (Å²) in [6.07, 6.45) is 2.99. The van der Waals surface area contributed by atoms with Gasteiger partial charge in [-0.25, -0.2) is 4.79 Å². The maximum Gasteiger partial charge on any atom is 0.345 e. The Balaban J connectivity index is 2.44. The first-order valence-corrected chi connectivity index (χ1v) is 5.02. The molecule has 0 spiro atoms. The van der Waals surface area contributed by atoms with E-state index in [0.29, 0.717) is 12.5 Å². The number of fused-ring (bicyclic) bond motifs is 1. The Labute approximate surface area is 82.6 Å². The highest BCUT2D eigenvalue weighted by molar-refractivity contribution is 5.32. The van der Waals surface area contributed by atoms with Crippen molar-refractivity contribution < 1.29 is 0 Å². The molecule has 0 saturated carbocycles. The number of H-pyrrole nitrogens is 1. The van der Waals surface area contributed by atoms with Gasteiger partial charge < -0.3 is 10.7 Å². The molecule has 0 aromatic carbocycles. The molecule has 0 radical (unpaired) electrons. The minimum atomic E-state index is -0.227. The number of aryl methyl sites for hydroxylation is 2. The molecule has 0 fully saturated rings. The van der Waals surface area contributed by atoms with Gasteiger partial charge in [0.15, 0.2) is 0 Å². The average Bonchev–Trinajstić information content (AvgIpc) is 2.49. The topological polar surface area (TPSA) is 71.8 Å². The molecule has 2 rings (SSSR count). The Kier molecular flexibility index (Phi) is 2.37. The van der Waals surface area contributed by atoms with Crippen LogP contribution in [-0.2, 0) is 6.42 Å². The number of aromatic amines is 1. The van der Waals surface area contributed by atoms with Crippen LogP contribution >= 0.6 is 0 Å². The average molecular weight is 193 g/mol. The normalized spacial score (nSPS) is 19.7. The second-order valence-electron chi connectivity index (χ2n) is 3.84. The number of nitrogens with one attached hydrogen (secondary N) is 1. The lowest BCUT2D eigenvalue weighted by atomic mass is 9.98. The first-order chi connectivity index (χ1) is 6.72. The predicted molar refractivity (Wildman–Crippen MR) is 54.3 cm³/mol. The van der Waals surface area contributed by atoms with Crippen LogP contribution in [0.2, 0.25) is 0 Å². The van der Waals surface area contributed by atoms with E-state index in [1.807, 2.05) is 6.92 Å². The molecule has 0 saturated heterocycles. The summed E-state index contributed by atoms with van der Waals surface area (Å²) in [5.41, 5.74) is 8.50. The largest absolute Gasteiger partial charge is 0.345 e. The lowest BCUT2D eigenvalue weighted by Gasteiger charge is -2.11. The van der Waals surface area contributed by atoms with E-state index < -0.39 is 0 Å². The standard InChI is InChI=1S/C10H15N3O/c1-6-9-7(4-5-11)2-3-8(9)13-10(14)12-6/h7H,2-5,11H2,1H3,(H,12,13,14). The zero-order valence-electron chi connectivity index (χ0n) is 8.34. The van der Waals surface area contributed by atoms with E-state index in [2.05, 4.69) is 9.97 Å². The smallest absolute Gasteiger partial charge is 0.330 e. The molecule has 3 N–H and O–H groups in total. The van der Waals surface area contributed by atoms with Crippen LogP contribution in [0.3, 0.4) is 0 Å². The Morgan fingerprint density at radius 1 is 1.64 bits per heavy atom. The van der Waals surface area contributed by atoms with Crippen molar-refractivity contribution in [3.63, 3.8) is 0 Å². The molecule has 0 aliphatic heterocycles. The van der Waals surface area contributed by atoms with Crippen LogP contribution in [0.4, 0.5) is 0 Å². The molecule has 0 bridgehead atoms. The second-order valence-corrected chi connectivity index (χ2v) is 3.84. The lowest BCUT2D eigenvalue weighted by Crippen LogP contribution is -2.16. The van der Waals surface area contributed by atoms with Gasteiger partial charge in [-0.2, -0.15) is 4.98 Å². The third kappa shape index (κ3) is 1.46. The first-order valence-electron chi connectivity index (χ1n) is 5.02. The molecule has 76 valence electrons. The summed E-state index contributed by atoms with van der Waals surface area (Å²) < 4.78 is 0. The fourth-order valence-corrected chi connectivity index (χ4v) is 2.33. The third-order valence-electron chi connectivity index (χ3n) is 2.90. The van der Waals surface area contributed by atoms with E-state index in [9.17, 15) is 4.79 Å². The summed E-state index contributed by atoms with van der Waals surface area (Å²) in [5, 5.41) is 0. The monoisotopic (exact) mass is 193 g/mol. The molecule has 0 amide bonds. The van der Waals surface area contributed by atoms with Crippen molar-refractivity contribution in [2.75, 3.05) is 6.54 Å². The van der Waals surface area contributed by atoms with E-state index in [-0.39, 0.29) is 5.69 Å². The van der Waals surface area contributed by atoms with Crippen molar-refractivity contribution in [1.82, 2.24) is 9.97 Å². The number of hydrogen-bond acceptors (Lipinski definition) is 3. The molecule has 1 aliphatic carbocycles. The lowest BCUT2D eigenvalue weighted by molar-refractivity contribution is 0.623. The number of hydrogen-bond donors (Lipinski definition) is 2. The van der Waals surface area contributed by atoms with Gasteiger partial charge in [-0.05, 0) is 44.2 Å². The van der Waals surface area contributed by atoms with Gasteiger partial charge >= 0.3 is 5.69 Å². The second kappa shape index (κ2) is 3.53. The van der Waals surface area contributed by atoms with Crippen molar-refractivity contribution in [2.45, 2.75) is 32.1 Å². The van der Waals surface area contributed by atoms with Gasteiger partial charge in [0.25, 0.3) is 0 Å². The molecule has 1 atom stereocenters. The highest BCUT2D eigenvalue weighted by Crippen LogP contribution is 2.34. The quantitative estimate of drug-likeness (QED) is 0.716. The van der Waals surface area contributed by atoms with E-state index in [4.69, 9.17) is 5.73 Å². The van der Waals surface area contributed by atoms with Crippen LogP contribution in [0.15, 0.2) is 4.79 Å². The summed E-state index contributed by atoms with van der Waals surface area (Å²) in [4.78, 5) is 17.9. The van der Waals surface area contributed by atoms with Crippen molar-refractivity contribution in [2.24, 2.45) is 5.73 Å². The molecule has 1 aliphatic rings. The predicted octanol–water partition coefficient (Wildman–Crippen LogP) is 0.457. The fourth-order valence-electron chi connectivity index (χ4n) is 2.33. The van der Waals surface area contributed by atoms with Crippen molar-refractivity contribution in [3.05, 3.63) is 27.4 Å². The van der Waals surface area contributed by atoms with Crippen LogP contribution < -0.4 is 11.4 Å². The van der Waals surface area contributed by atoms with Crippen molar-refractivity contribution in [3.8, 4) is 0 Å². The molecule has 4 nitrogen and oxygen atoms in total. The number of nitrogens with zero attached hydrogens (tertiary/aromatic N) is 1. The summed E-state index contributed by atoms with van der Waals surface area (Å²) >= 11 is 0. The first kappa shape index (κ1) is 9.40. The minimum Gasteiger partial charge on any atom is -0.330 e. The highest BCUT2D eigenvalue weighted by atomic mass is 16.1. The summed E-state index contributed by atoms with van der Waals surface area (Å²) in [5.74, 6) is 0.499. The molecule has 1 aromatic heterocycles. The highest BCUT2D eigenvalue weighted by Gasteiger charge is 2.25. The Hall–Kier alpha value is -1.16. The van der Waals surface area contributed by atoms with Crippen LogP contribution in [0.5, 0.6) is 0 Å². The zero-order valence-corrected chi connectivity index (χ0v) is 8.34. The Morgan fingerprint density at radius 2 is 2.43 bits per heavy atom. The van der Waals surface area contributed by atoms with Crippen LogP contribution in [-0.4, -0.2) is 16.5 Å². The van der Waals surface area contributed by atoms with Crippen LogP contribution in [0.1, 0.15) is 35.7 Å². The summed E-state index contributed by atoms with van der Waals surface area (Å²) in [6, 6.07) is 0. The maximum absolute atomic E-state index is 11.1. The van der Waals surface area contributed by atoms with E-state index in [1.54, 1.807) is 0 Å². The van der Waals surface area contributed by atoms with E-state index >= 15 is 0 Å². The van der Waals surface area contributed by atoms with Gasteiger partial charge in [0.2, 0.25) is 0 Å². The molecular formula is C10H15N3O. The van der Waals surface area contributed by atoms with Crippen LogP contribution in [0.25, 0.3) is 0 Å². The van der Waals surface area contributed by atoms with Gasteiger partial charge in [-0.3, -0.25) is 0 Å². The van der Waals surface area contributed by atoms with Gasteiger partial charge in [0.1, 0.15) is 0 Å². The third-order valence-corrected chi connectivity index (χ3v) is 2.90. The number of nitrogens with two attached hydrogens (primary N) is 1. The fraction of sp³-hybridized carbons (Fsp3) is 0.600. The number of aromatic nitrogens is 2. The molecule has 4 heteroatoms. The summed E-state index contributed by atoms with van der Waals surface area (Å²) in [7, 11) is 0. The number of rotatable bonds is 2. The molecular weight excluding hydrogens is 178 g/mol. The summed E-state index contributed by atoms with van der Waals surface area (Å²) in [6.45, 7) is 2.64. The van der Waals surface area contributed by atoms with Crippen LogP contribution in [0, 0.1) is 6.92 Å². The SMILES string of the molecule is Cc1[nH]c(=O)nc2c1C(CCN)CC2. The van der Waals surface area contributed by atoms with Crippen molar-refractivity contribution >= 4 is 0 Å². The minimum absolute atomic E-state index is 0.227. The Morgan fingerprint density at radius 3 is 3.14 bits per heavy atom. The van der Waals surface area contributed by atoms with Crippen molar-refractivity contribution in [1.29, 1.82) is 0 Å². The van der Waals surface area contributed by atoms with E-state index in [0.717, 1.165) is 30.7 Å². The molecule has 1 unspecified atom stereocenters. The maximum atomic E-state index is 11.1. The Bertz CT molecular complexity index is 397. The van der Waals surface area contributed by atoms with Gasteiger partial charge in [0.05, 0.1) is 5.69 Å². The van der Waals surface area contributed by atoms with Gasteiger partial charge in [-0.15, -0.1) is 0 Å².